The van der Waals surface area contributed by atoms with Crippen LogP contribution in [0.2, 0.25) is 0 Å². The minimum Gasteiger partial charge on any atom is -0.497 e. The Hall–Kier alpha value is -3.85. The number of hydrogen-bond acceptors (Lipinski definition) is 6. The number of amidine groups is 1. The fourth-order valence-electron chi connectivity index (χ4n) is 3.64. The second-order valence-corrected chi connectivity index (χ2v) is 9.22. The van der Waals surface area contributed by atoms with Crippen molar-refractivity contribution in [1.29, 1.82) is 0 Å². The monoisotopic (exact) mass is 507 g/mol. The third-order valence-corrected chi connectivity index (χ3v) is 6.79. The third kappa shape index (κ3) is 6.42. The highest BCUT2D eigenvalue weighted by Crippen LogP contribution is 2.30. The van der Waals surface area contributed by atoms with Crippen LogP contribution in [0.1, 0.15) is 12.0 Å². The van der Waals surface area contributed by atoms with Crippen LogP contribution in [-0.4, -0.2) is 47.9 Å². The zero-order valence-electron chi connectivity index (χ0n) is 19.9. The highest BCUT2D eigenvalue weighted by atomic mass is 32.2. The zero-order chi connectivity index (χ0) is 25.5. The van der Waals surface area contributed by atoms with Gasteiger partial charge in [-0.1, -0.05) is 30.0 Å². The number of rotatable bonds is 8. The van der Waals surface area contributed by atoms with E-state index >= 15 is 0 Å². The van der Waals surface area contributed by atoms with Crippen LogP contribution in [0, 0.1) is 5.82 Å². The number of carbonyl (C=O) groups excluding carboxylic acids is 2. The molecule has 1 aliphatic rings. The Balaban J connectivity index is 1.53. The average Bonchev–Trinajstić information content (AvgIpc) is 2.89. The highest BCUT2D eigenvalue weighted by molar-refractivity contribution is 8.15. The molecule has 4 rings (SSSR count). The summed E-state index contributed by atoms with van der Waals surface area (Å²) < 4.78 is 23.8. The molecule has 1 heterocycles. The summed E-state index contributed by atoms with van der Waals surface area (Å²) in [6.45, 7) is 0.391. The number of anilines is 1. The molecular weight excluding hydrogens is 481 g/mol. The quantitative estimate of drug-likeness (QED) is 0.462. The van der Waals surface area contributed by atoms with E-state index in [1.54, 1.807) is 43.4 Å². The van der Waals surface area contributed by atoms with E-state index in [0.29, 0.717) is 35.3 Å². The Morgan fingerprint density at radius 2 is 1.78 bits per heavy atom. The van der Waals surface area contributed by atoms with Gasteiger partial charge >= 0.3 is 0 Å². The number of methoxy groups -OCH3 is 2. The maximum Gasteiger partial charge on any atom is 0.238 e. The average molecular weight is 508 g/mol. The zero-order valence-corrected chi connectivity index (χ0v) is 20.8. The van der Waals surface area contributed by atoms with Crippen LogP contribution in [0.3, 0.4) is 0 Å². The van der Waals surface area contributed by atoms with E-state index in [9.17, 15) is 14.0 Å². The Labute approximate surface area is 213 Å². The van der Waals surface area contributed by atoms with Gasteiger partial charge in [0.25, 0.3) is 0 Å². The molecule has 7 nitrogen and oxygen atoms in total. The first-order chi connectivity index (χ1) is 17.4. The van der Waals surface area contributed by atoms with Gasteiger partial charge in [0, 0.05) is 24.7 Å². The first-order valence-corrected chi connectivity index (χ1v) is 12.2. The molecule has 2 amide bonds. The fraction of sp³-hybridized carbons (Fsp3) is 0.222. The third-order valence-electron chi connectivity index (χ3n) is 5.60. The molecular formula is C27H26FN3O4S. The number of thioether (sulfide) groups is 1. The maximum absolute atomic E-state index is 13.4. The number of nitrogens with one attached hydrogen (secondary N) is 1. The standard InChI is InChI=1S/C27H26FN3O4S/c1-34-22-12-6-18(7-13-22)14-15-31-25(32)17-24(26(33)29-21-4-3-5-23(16-21)35-2)36-27(31)30-20-10-8-19(28)9-11-20/h3-13,16,24H,14-15,17H2,1-2H3,(H,29,33). The number of nitrogens with zero attached hydrogens (tertiary/aromatic N) is 2. The summed E-state index contributed by atoms with van der Waals surface area (Å²) in [4.78, 5) is 32.4. The lowest BCUT2D eigenvalue weighted by atomic mass is 10.1. The lowest BCUT2D eigenvalue weighted by molar-refractivity contribution is -0.129. The number of hydrogen-bond donors (Lipinski definition) is 1. The number of aliphatic imine (C=N–C) groups is 1. The summed E-state index contributed by atoms with van der Waals surface area (Å²) in [6, 6.07) is 20.3. The predicted octanol–water partition coefficient (Wildman–Crippen LogP) is 5.05. The van der Waals surface area contributed by atoms with Gasteiger partial charge in [0.2, 0.25) is 11.8 Å². The highest BCUT2D eigenvalue weighted by Gasteiger charge is 2.35. The molecule has 1 saturated heterocycles. The van der Waals surface area contributed by atoms with Crippen molar-refractivity contribution in [2.45, 2.75) is 18.1 Å². The van der Waals surface area contributed by atoms with E-state index in [1.807, 2.05) is 24.3 Å². The molecule has 0 bridgehead atoms. The van der Waals surface area contributed by atoms with Gasteiger partial charge in [0.15, 0.2) is 5.17 Å². The summed E-state index contributed by atoms with van der Waals surface area (Å²) in [5, 5.41) is 2.59. The van der Waals surface area contributed by atoms with Gasteiger partial charge in [0.05, 0.1) is 19.9 Å². The predicted molar refractivity (Wildman–Crippen MR) is 140 cm³/mol. The summed E-state index contributed by atoms with van der Waals surface area (Å²) >= 11 is 1.22. The molecule has 1 atom stereocenters. The van der Waals surface area contributed by atoms with Gasteiger partial charge in [-0.15, -0.1) is 0 Å². The molecule has 36 heavy (non-hydrogen) atoms. The Morgan fingerprint density at radius 1 is 1.06 bits per heavy atom. The molecule has 186 valence electrons. The minimum atomic E-state index is -0.667. The summed E-state index contributed by atoms with van der Waals surface area (Å²) in [5.74, 6) is 0.491. The molecule has 3 aromatic carbocycles. The van der Waals surface area contributed by atoms with Crippen molar-refractivity contribution in [1.82, 2.24) is 4.90 Å². The van der Waals surface area contributed by atoms with Crippen LogP contribution in [0.25, 0.3) is 0 Å². The lowest BCUT2D eigenvalue weighted by Crippen LogP contribution is -2.46. The maximum atomic E-state index is 13.4. The van der Waals surface area contributed by atoms with Crippen LogP contribution >= 0.6 is 11.8 Å². The van der Waals surface area contributed by atoms with Crippen LogP contribution < -0.4 is 14.8 Å². The topological polar surface area (TPSA) is 80.2 Å². The number of amides is 2. The Bertz CT molecular complexity index is 1250. The van der Waals surface area contributed by atoms with E-state index in [2.05, 4.69) is 10.3 Å². The largest absolute Gasteiger partial charge is 0.497 e. The lowest BCUT2D eigenvalue weighted by Gasteiger charge is -2.32. The normalized spacial score (nSPS) is 16.6. The Morgan fingerprint density at radius 3 is 2.47 bits per heavy atom. The number of ether oxygens (including phenoxy) is 2. The number of carbonyl (C=O) groups is 2. The molecule has 1 N–H and O–H groups in total. The smallest absolute Gasteiger partial charge is 0.238 e. The first kappa shape index (κ1) is 25.2. The van der Waals surface area contributed by atoms with Crippen molar-refractivity contribution in [2.75, 3.05) is 26.1 Å². The number of benzene rings is 3. The van der Waals surface area contributed by atoms with Crippen molar-refractivity contribution >= 4 is 40.1 Å². The van der Waals surface area contributed by atoms with Crippen molar-refractivity contribution in [3.05, 3.63) is 84.2 Å². The van der Waals surface area contributed by atoms with Gasteiger partial charge in [0.1, 0.15) is 22.6 Å². The Kier molecular flexibility index (Phi) is 8.22. The van der Waals surface area contributed by atoms with E-state index in [1.165, 1.54) is 36.0 Å². The van der Waals surface area contributed by atoms with Gasteiger partial charge in [-0.05, 0) is 60.5 Å². The molecule has 0 aliphatic carbocycles. The summed E-state index contributed by atoms with van der Waals surface area (Å²) in [5.41, 5.74) is 2.11. The van der Waals surface area contributed by atoms with Gasteiger partial charge in [-0.3, -0.25) is 14.5 Å². The molecule has 1 unspecified atom stereocenters. The van der Waals surface area contributed by atoms with Crippen molar-refractivity contribution < 1.29 is 23.5 Å². The molecule has 0 spiro atoms. The molecule has 3 aromatic rings. The van der Waals surface area contributed by atoms with E-state index in [-0.39, 0.29) is 24.1 Å². The minimum absolute atomic E-state index is 0.0333. The second-order valence-electron chi connectivity index (χ2n) is 8.05. The SMILES string of the molecule is COc1ccc(CCN2C(=O)CC(C(=O)Nc3cccc(OC)c3)SC2=Nc2ccc(F)cc2)cc1. The molecule has 0 saturated carbocycles. The van der Waals surface area contributed by atoms with E-state index in [0.717, 1.165) is 11.3 Å². The van der Waals surface area contributed by atoms with Crippen LogP contribution in [-0.2, 0) is 16.0 Å². The van der Waals surface area contributed by atoms with Crippen LogP contribution in [0.15, 0.2) is 77.8 Å². The molecule has 0 aromatic heterocycles. The fourth-order valence-corrected chi connectivity index (χ4v) is 4.77. The van der Waals surface area contributed by atoms with Crippen molar-refractivity contribution in [2.24, 2.45) is 4.99 Å². The number of halogens is 1. The van der Waals surface area contributed by atoms with Gasteiger partial charge in [-0.2, -0.15) is 0 Å². The molecule has 1 aliphatic heterocycles. The molecule has 0 radical (unpaired) electrons. The van der Waals surface area contributed by atoms with E-state index in [4.69, 9.17) is 9.47 Å². The molecule has 1 fully saturated rings. The van der Waals surface area contributed by atoms with Gasteiger partial charge in [-0.25, -0.2) is 9.38 Å². The van der Waals surface area contributed by atoms with Crippen molar-refractivity contribution in [3.8, 4) is 11.5 Å². The first-order valence-electron chi connectivity index (χ1n) is 11.3. The van der Waals surface area contributed by atoms with Crippen LogP contribution in [0.5, 0.6) is 11.5 Å². The van der Waals surface area contributed by atoms with Gasteiger partial charge < -0.3 is 14.8 Å². The summed E-state index contributed by atoms with van der Waals surface area (Å²) in [6.07, 6.45) is 0.630. The van der Waals surface area contributed by atoms with Crippen LogP contribution in [0.4, 0.5) is 15.8 Å². The second kappa shape index (κ2) is 11.7. The summed E-state index contributed by atoms with van der Waals surface area (Å²) in [7, 11) is 3.16. The van der Waals surface area contributed by atoms with E-state index < -0.39 is 5.25 Å². The molecule has 9 heteroatoms. The van der Waals surface area contributed by atoms with Crippen molar-refractivity contribution in [3.63, 3.8) is 0 Å².